The molecule has 10 nitrogen and oxygen atoms in total. The molecule has 3 rings (SSSR count). The Kier molecular flexibility index (Phi) is 8.02. The molecule has 0 radical (unpaired) electrons. The molecule has 0 aliphatic carbocycles. The van der Waals surface area contributed by atoms with E-state index in [4.69, 9.17) is 13.7 Å². The van der Waals surface area contributed by atoms with Gasteiger partial charge in [0, 0.05) is 12.1 Å². The Morgan fingerprint density at radius 3 is 2.17 bits per heavy atom. The third-order valence-corrected chi connectivity index (χ3v) is 6.23. The minimum atomic E-state index is -4.20. The van der Waals surface area contributed by atoms with Crippen LogP contribution < -0.4 is 14.8 Å². The number of para-hydroxylation sites is 1. The summed E-state index contributed by atoms with van der Waals surface area (Å²) in [5.74, 6) is -0.907. The third-order valence-electron chi connectivity index (χ3n) is 4.98. The number of carbonyl (C=O) groups excluding carboxylic acids is 2. The van der Waals surface area contributed by atoms with Gasteiger partial charge in [-0.25, -0.2) is 9.59 Å². The SMILES string of the molecule is CCNC(=O)OC1=C(C)NC(C)=C(OC(=O)OC)C1c1ccccc1OS(=O)(=O)c1ccccc1. The van der Waals surface area contributed by atoms with E-state index in [9.17, 15) is 18.0 Å². The van der Waals surface area contributed by atoms with Crippen LogP contribution in [0.15, 0.2) is 82.4 Å². The molecular weight excluding hydrogens is 476 g/mol. The highest BCUT2D eigenvalue weighted by atomic mass is 32.2. The Hall–Kier alpha value is -3.99. The Labute approximate surface area is 203 Å². The van der Waals surface area contributed by atoms with E-state index in [1.807, 2.05) is 0 Å². The lowest BCUT2D eigenvalue weighted by atomic mass is 9.90. The van der Waals surface area contributed by atoms with Gasteiger partial charge in [0.25, 0.3) is 0 Å². The van der Waals surface area contributed by atoms with Crippen molar-refractivity contribution < 1.29 is 36.4 Å². The van der Waals surface area contributed by atoms with Crippen molar-refractivity contribution in [2.24, 2.45) is 0 Å². The molecule has 0 spiro atoms. The van der Waals surface area contributed by atoms with Crippen molar-refractivity contribution >= 4 is 22.4 Å². The summed E-state index contributed by atoms with van der Waals surface area (Å²) in [6.45, 7) is 5.37. The molecule has 1 aliphatic heterocycles. The van der Waals surface area contributed by atoms with Crippen molar-refractivity contribution in [2.45, 2.75) is 31.6 Å². The predicted molar refractivity (Wildman–Crippen MR) is 126 cm³/mol. The van der Waals surface area contributed by atoms with E-state index in [0.717, 1.165) is 7.11 Å². The van der Waals surface area contributed by atoms with Crippen molar-refractivity contribution in [3.05, 3.63) is 83.1 Å². The quantitative estimate of drug-likeness (QED) is 0.424. The van der Waals surface area contributed by atoms with Crippen molar-refractivity contribution in [2.75, 3.05) is 13.7 Å². The van der Waals surface area contributed by atoms with Gasteiger partial charge in [0.1, 0.15) is 28.1 Å². The number of allylic oxidation sites excluding steroid dienone is 2. The van der Waals surface area contributed by atoms with Crippen LogP contribution in [0.3, 0.4) is 0 Å². The van der Waals surface area contributed by atoms with Crippen LogP contribution in [0.1, 0.15) is 32.3 Å². The number of alkyl carbamates (subject to hydrolysis) is 1. The number of benzene rings is 2. The molecule has 2 N–H and O–H groups in total. The van der Waals surface area contributed by atoms with Crippen molar-refractivity contribution in [3.63, 3.8) is 0 Å². The van der Waals surface area contributed by atoms with Crippen molar-refractivity contribution in [1.82, 2.24) is 10.6 Å². The monoisotopic (exact) mass is 502 g/mol. The topological polar surface area (TPSA) is 129 Å². The molecule has 2 aromatic rings. The summed E-state index contributed by atoms with van der Waals surface area (Å²) in [7, 11) is -3.04. The van der Waals surface area contributed by atoms with Gasteiger partial charge in [-0.2, -0.15) is 8.42 Å². The van der Waals surface area contributed by atoms with E-state index in [1.165, 1.54) is 18.2 Å². The van der Waals surface area contributed by atoms with E-state index in [0.29, 0.717) is 17.9 Å². The largest absolute Gasteiger partial charge is 0.513 e. The number of hydrogen-bond acceptors (Lipinski definition) is 9. The number of rotatable bonds is 7. The molecule has 0 fully saturated rings. The van der Waals surface area contributed by atoms with E-state index in [1.54, 1.807) is 57.2 Å². The lowest BCUT2D eigenvalue weighted by Gasteiger charge is -2.31. The number of methoxy groups -OCH3 is 1. The molecule has 0 bridgehead atoms. The fourth-order valence-corrected chi connectivity index (χ4v) is 4.44. The number of nitrogens with one attached hydrogen (secondary N) is 2. The zero-order chi connectivity index (χ0) is 25.6. The van der Waals surface area contributed by atoms with Gasteiger partial charge in [-0.05, 0) is 39.0 Å². The van der Waals surface area contributed by atoms with E-state index >= 15 is 0 Å². The lowest BCUT2D eigenvalue weighted by Crippen LogP contribution is -2.32. The van der Waals surface area contributed by atoms with Gasteiger partial charge in [-0.3, -0.25) is 0 Å². The van der Waals surface area contributed by atoms with Gasteiger partial charge in [0.15, 0.2) is 0 Å². The van der Waals surface area contributed by atoms with Crippen molar-refractivity contribution in [1.29, 1.82) is 0 Å². The van der Waals surface area contributed by atoms with E-state index in [-0.39, 0.29) is 27.7 Å². The first-order valence-electron chi connectivity index (χ1n) is 10.7. The summed E-state index contributed by atoms with van der Waals surface area (Å²) in [6.07, 6.45) is -1.74. The lowest BCUT2D eigenvalue weighted by molar-refractivity contribution is 0.0888. The highest BCUT2D eigenvalue weighted by molar-refractivity contribution is 7.87. The van der Waals surface area contributed by atoms with Crippen LogP contribution in [-0.4, -0.2) is 34.3 Å². The average Bonchev–Trinajstić information content (AvgIpc) is 2.83. The number of carbonyl (C=O) groups is 2. The van der Waals surface area contributed by atoms with Crippen LogP contribution in [0.4, 0.5) is 9.59 Å². The Balaban J connectivity index is 2.14. The zero-order valence-corrected chi connectivity index (χ0v) is 20.5. The molecule has 1 amide bonds. The van der Waals surface area contributed by atoms with Crippen LogP contribution in [0, 0.1) is 0 Å². The molecule has 1 atom stereocenters. The summed E-state index contributed by atoms with van der Waals surface area (Å²) >= 11 is 0. The highest BCUT2D eigenvalue weighted by Crippen LogP contribution is 2.43. The number of dihydropyridines is 1. The van der Waals surface area contributed by atoms with Crippen LogP contribution in [0.25, 0.3) is 0 Å². The molecule has 1 unspecified atom stereocenters. The summed E-state index contributed by atoms with van der Waals surface area (Å²) in [5.41, 5.74) is 1.17. The predicted octanol–water partition coefficient (Wildman–Crippen LogP) is 4.13. The maximum atomic E-state index is 13.0. The molecule has 186 valence electrons. The van der Waals surface area contributed by atoms with Gasteiger partial charge in [0.05, 0.1) is 18.5 Å². The Morgan fingerprint density at radius 1 is 0.943 bits per heavy atom. The molecule has 0 aromatic heterocycles. The Morgan fingerprint density at radius 2 is 1.54 bits per heavy atom. The summed E-state index contributed by atoms with van der Waals surface area (Å²) in [5, 5.41) is 5.55. The second kappa shape index (κ2) is 11.0. The molecule has 0 saturated heterocycles. The van der Waals surface area contributed by atoms with Crippen LogP contribution in [-0.2, 0) is 24.3 Å². The zero-order valence-electron chi connectivity index (χ0n) is 19.7. The second-order valence-electron chi connectivity index (χ2n) is 7.40. The normalized spacial score (nSPS) is 15.7. The van der Waals surface area contributed by atoms with Gasteiger partial charge in [0.2, 0.25) is 0 Å². The third kappa shape index (κ3) is 5.93. The van der Waals surface area contributed by atoms with E-state index in [2.05, 4.69) is 15.4 Å². The van der Waals surface area contributed by atoms with Gasteiger partial charge < -0.3 is 29.0 Å². The minimum absolute atomic E-state index is 0.0354. The number of ether oxygens (including phenoxy) is 3. The number of hydrogen-bond donors (Lipinski definition) is 2. The summed E-state index contributed by atoms with van der Waals surface area (Å²) in [6, 6.07) is 14.0. The highest BCUT2D eigenvalue weighted by Gasteiger charge is 2.37. The molecule has 35 heavy (non-hydrogen) atoms. The molecule has 0 saturated carbocycles. The maximum Gasteiger partial charge on any atom is 0.513 e. The van der Waals surface area contributed by atoms with Crippen LogP contribution in [0.5, 0.6) is 5.75 Å². The first kappa shape index (κ1) is 25.6. The smallest absolute Gasteiger partial charge is 0.437 e. The van der Waals surface area contributed by atoms with Crippen molar-refractivity contribution in [3.8, 4) is 5.75 Å². The van der Waals surface area contributed by atoms with Gasteiger partial charge in [-0.15, -0.1) is 0 Å². The first-order chi connectivity index (χ1) is 16.7. The first-order valence-corrected chi connectivity index (χ1v) is 12.1. The second-order valence-corrected chi connectivity index (χ2v) is 8.95. The molecule has 2 aromatic carbocycles. The molecule has 1 heterocycles. The fourth-order valence-electron chi connectivity index (χ4n) is 3.47. The summed E-state index contributed by atoms with van der Waals surface area (Å²) < 4.78 is 47.0. The van der Waals surface area contributed by atoms with Crippen LogP contribution >= 0.6 is 0 Å². The maximum absolute atomic E-state index is 13.0. The van der Waals surface area contributed by atoms with E-state index < -0.39 is 28.3 Å². The molecular formula is C24H26N2O8S. The standard InChI is InChI=1S/C24H26N2O8S/c1-5-25-23(27)32-21-15(2)26-16(3)22(33-24(28)31-4)20(21)18-13-9-10-14-19(18)34-35(29,30)17-11-7-6-8-12-17/h6-14,20,26H,5H2,1-4H3,(H,25,27). The average molecular weight is 503 g/mol. The number of amides is 1. The molecule has 11 heteroatoms. The molecule has 1 aliphatic rings. The summed E-state index contributed by atoms with van der Waals surface area (Å²) in [4.78, 5) is 24.3. The van der Waals surface area contributed by atoms with Crippen LogP contribution in [0.2, 0.25) is 0 Å². The van der Waals surface area contributed by atoms with Gasteiger partial charge in [-0.1, -0.05) is 36.4 Å². The Bertz CT molecular complexity index is 1270. The van der Waals surface area contributed by atoms with Gasteiger partial charge >= 0.3 is 22.4 Å². The fraction of sp³-hybridized carbons (Fsp3) is 0.250. The minimum Gasteiger partial charge on any atom is -0.437 e.